The van der Waals surface area contributed by atoms with Crippen molar-refractivity contribution < 1.29 is 27.6 Å². The van der Waals surface area contributed by atoms with E-state index in [0.29, 0.717) is 37.8 Å². The number of benzene rings is 1. The summed E-state index contributed by atoms with van der Waals surface area (Å²) in [4.78, 5) is 39.2. The summed E-state index contributed by atoms with van der Waals surface area (Å²) in [7, 11) is 0. The standard InChI is InChI=1S/C25H32F3N3O3S/c26-24(27)25(28,16-9-10-16)29-13-4-2-1-3-5-14-35-20-8-6-7-17-18(20)15-31(23(17)34)19-11-12-21(32)30-22(19)33/h6-8,16,19,24,29H,1-5,9-15H2,(H,30,32,33). The number of piperidine rings is 1. The fourth-order valence-corrected chi connectivity index (χ4v) is 5.91. The largest absolute Gasteiger partial charge is 0.322 e. The quantitative estimate of drug-likeness (QED) is 0.177. The van der Waals surface area contributed by atoms with Crippen molar-refractivity contribution in [3.63, 3.8) is 0 Å². The fourth-order valence-electron chi connectivity index (χ4n) is 4.82. The van der Waals surface area contributed by atoms with Crippen LogP contribution in [0.15, 0.2) is 23.1 Å². The molecule has 3 amide bonds. The minimum Gasteiger partial charge on any atom is -0.322 e. The van der Waals surface area contributed by atoms with Crippen molar-refractivity contribution in [2.45, 2.75) is 87.5 Å². The molecule has 2 atom stereocenters. The molecule has 10 heteroatoms. The average Bonchev–Trinajstić information content (AvgIpc) is 3.63. The summed E-state index contributed by atoms with van der Waals surface area (Å²) >= 11 is 1.68. The molecule has 2 heterocycles. The lowest BCUT2D eigenvalue weighted by Crippen LogP contribution is -2.52. The Kier molecular flexibility index (Phi) is 8.42. The molecule has 6 nitrogen and oxygen atoms in total. The number of amides is 3. The van der Waals surface area contributed by atoms with E-state index in [1.165, 1.54) is 0 Å². The Bertz CT molecular complexity index is 955. The molecule has 0 radical (unpaired) electrons. The zero-order valence-electron chi connectivity index (χ0n) is 19.7. The number of imide groups is 1. The second-order valence-corrected chi connectivity index (χ2v) is 10.7. The predicted molar refractivity (Wildman–Crippen MR) is 127 cm³/mol. The van der Waals surface area contributed by atoms with Gasteiger partial charge in [-0.1, -0.05) is 25.3 Å². The lowest BCUT2D eigenvalue weighted by atomic mass is 10.0. The van der Waals surface area contributed by atoms with Gasteiger partial charge in [0.25, 0.3) is 12.3 Å². The number of thioether (sulfide) groups is 1. The Balaban J connectivity index is 1.16. The van der Waals surface area contributed by atoms with E-state index in [1.54, 1.807) is 22.7 Å². The Morgan fingerprint density at radius 2 is 1.83 bits per heavy atom. The number of rotatable bonds is 13. The van der Waals surface area contributed by atoms with Gasteiger partial charge in [0.2, 0.25) is 17.6 Å². The number of alkyl halides is 3. The Morgan fingerprint density at radius 3 is 2.54 bits per heavy atom. The molecule has 192 valence electrons. The fraction of sp³-hybridized carbons (Fsp3) is 0.640. The van der Waals surface area contributed by atoms with Crippen LogP contribution in [0.25, 0.3) is 0 Å². The molecule has 0 bridgehead atoms. The summed E-state index contributed by atoms with van der Waals surface area (Å²) in [6, 6.07) is 5.01. The van der Waals surface area contributed by atoms with Crippen LogP contribution < -0.4 is 10.6 Å². The SMILES string of the molecule is O=C1CCC(N2Cc3c(SCCCCCCCNC(F)(C(F)F)C4CC4)cccc3C2=O)C(=O)N1. The van der Waals surface area contributed by atoms with E-state index in [1.807, 2.05) is 12.1 Å². The molecule has 0 aromatic heterocycles. The van der Waals surface area contributed by atoms with E-state index >= 15 is 0 Å². The van der Waals surface area contributed by atoms with Gasteiger partial charge >= 0.3 is 0 Å². The third-order valence-corrected chi connectivity index (χ3v) is 8.19. The van der Waals surface area contributed by atoms with Crippen molar-refractivity contribution in [2.75, 3.05) is 12.3 Å². The van der Waals surface area contributed by atoms with Crippen LogP contribution in [0.4, 0.5) is 13.2 Å². The first kappa shape index (κ1) is 26.0. The molecule has 2 N–H and O–H groups in total. The lowest BCUT2D eigenvalue weighted by Gasteiger charge is -2.29. The Hall–Kier alpha value is -2.07. The molecule has 0 spiro atoms. The maximum Gasteiger partial charge on any atom is 0.285 e. The van der Waals surface area contributed by atoms with Gasteiger partial charge in [-0.3, -0.25) is 25.0 Å². The van der Waals surface area contributed by atoms with Crippen LogP contribution in [0.5, 0.6) is 0 Å². The van der Waals surface area contributed by atoms with Crippen molar-refractivity contribution in [3.8, 4) is 0 Å². The van der Waals surface area contributed by atoms with Gasteiger partial charge in [0.15, 0.2) is 0 Å². The van der Waals surface area contributed by atoms with Crippen molar-refractivity contribution in [1.82, 2.24) is 15.5 Å². The monoisotopic (exact) mass is 511 g/mol. The lowest BCUT2D eigenvalue weighted by molar-refractivity contribution is -0.136. The number of carbonyl (C=O) groups is 3. The molecule has 1 saturated heterocycles. The Labute approximate surface area is 207 Å². The number of unbranched alkanes of at least 4 members (excludes halogenated alkanes) is 4. The highest BCUT2D eigenvalue weighted by Gasteiger charge is 2.52. The third kappa shape index (κ3) is 6.02. The van der Waals surface area contributed by atoms with Gasteiger partial charge in [-0.25, -0.2) is 13.2 Å². The van der Waals surface area contributed by atoms with E-state index in [9.17, 15) is 27.6 Å². The molecule has 1 saturated carbocycles. The van der Waals surface area contributed by atoms with Crippen molar-refractivity contribution in [3.05, 3.63) is 29.3 Å². The van der Waals surface area contributed by atoms with E-state index in [2.05, 4.69) is 10.6 Å². The van der Waals surface area contributed by atoms with E-state index in [-0.39, 0.29) is 24.8 Å². The first-order valence-corrected chi connectivity index (χ1v) is 13.4. The summed E-state index contributed by atoms with van der Waals surface area (Å²) in [6.45, 7) is 0.631. The zero-order valence-corrected chi connectivity index (χ0v) is 20.5. The summed E-state index contributed by atoms with van der Waals surface area (Å²) < 4.78 is 40.3. The highest BCUT2D eigenvalue weighted by molar-refractivity contribution is 7.99. The summed E-state index contributed by atoms with van der Waals surface area (Å²) in [5, 5.41) is 4.77. The van der Waals surface area contributed by atoms with Crippen LogP contribution in [-0.2, 0) is 16.1 Å². The smallest absolute Gasteiger partial charge is 0.285 e. The van der Waals surface area contributed by atoms with Crippen LogP contribution in [0, 0.1) is 5.92 Å². The van der Waals surface area contributed by atoms with Crippen LogP contribution >= 0.6 is 11.8 Å². The molecule has 1 aromatic rings. The summed E-state index contributed by atoms with van der Waals surface area (Å²) in [6.07, 6.45) is 3.08. The number of fused-ring (bicyclic) bond motifs is 1. The van der Waals surface area contributed by atoms with Gasteiger partial charge in [-0.2, -0.15) is 0 Å². The molecular weight excluding hydrogens is 479 g/mol. The molecule has 2 unspecified atom stereocenters. The topological polar surface area (TPSA) is 78.5 Å². The summed E-state index contributed by atoms with van der Waals surface area (Å²) in [5.74, 6) is -3.08. The van der Waals surface area contributed by atoms with Gasteiger partial charge < -0.3 is 4.90 Å². The zero-order chi connectivity index (χ0) is 25.0. The number of halogens is 3. The second-order valence-electron chi connectivity index (χ2n) is 9.57. The van der Waals surface area contributed by atoms with Crippen molar-refractivity contribution >= 4 is 29.5 Å². The molecule has 2 aliphatic heterocycles. The van der Waals surface area contributed by atoms with Crippen LogP contribution in [0.2, 0.25) is 0 Å². The van der Waals surface area contributed by atoms with E-state index in [0.717, 1.165) is 41.9 Å². The van der Waals surface area contributed by atoms with E-state index in [4.69, 9.17) is 0 Å². The number of nitrogens with one attached hydrogen (secondary N) is 2. The van der Waals surface area contributed by atoms with Gasteiger partial charge in [0.05, 0.1) is 0 Å². The minimum atomic E-state index is -2.99. The first-order valence-electron chi connectivity index (χ1n) is 12.4. The molecular formula is C25H32F3N3O3S. The van der Waals surface area contributed by atoms with Crippen molar-refractivity contribution in [1.29, 1.82) is 0 Å². The maximum absolute atomic E-state index is 14.3. The summed E-state index contributed by atoms with van der Waals surface area (Å²) in [5.41, 5.74) is 1.55. The number of nitrogens with zero attached hydrogens (tertiary/aromatic N) is 1. The minimum absolute atomic E-state index is 0.170. The highest BCUT2D eigenvalue weighted by Crippen LogP contribution is 2.44. The first-order chi connectivity index (χ1) is 16.8. The Morgan fingerprint density at radius 1 is 1.09 bits per heavy atom. The van der Waals surface area contributed by atoms with Gasteiger partial charge in [-0.05, 0) is 62.1 Å². The van der Waals surface area contributed by atoms with Crippen molar-refractivity contribution in [2.24, 2.45) is 5.92 Å². The van der Waals surface area contributed by atoms with Crippen LogP contribution in [0.1, 0.15) is 73.7 Å². The predicted octanol–water partition coefficient (Wildman–Crippen LogP) is 4.42. The molecule has 1 aliphatic carbocycles. The van der Waals surface area contributed by atoms with Crippen LogP contribution in [0.3, 0.4) is 0 Å². The molecule has 35 heavy (non-hydrogen) atoms. The normalized spacial score (nSPS) is 21.9. The second kappa shape index (κ2) is 11.3. The molecule has 2 fully saturated rings. The third-order valence-electron chi connectivity index (χ3n) is 7.00. The average molecular weight is 512 g/mol. The van der Waals surface area contributed by atoms with E-state index < -0.39 is 30.1 Å². The number of hydrogen-bond donors (Lipinski definition) is 2. The van der Waals surface area contributed by atoms with Crippen LogP contribution in [-0.4, -0.2) is 53.2 Å². The van der Waals surface area contributed by atoms with Gasteiger partial charge in [0.1, 0.15) is 6.04 Å². The molecule has 4 rings (SSSR count). The van der Waals surface area contributed by atoms with Gasteiger partial charge in [-0.15, -0.1) is 11.8 Å². The molecule has 3 aliphatic rings. The number of carbonyl (C=O) groups excluding carboxylic acids is 3. The number of hydrogen-bond acceptors (Lipinski definition) is 5. The highest BCUT2D eigenvalue weighted by atomic mass is 32.2. The van der Waals surface area contributed by atoms with Gasteiger partial charge in [0, 0.05) is 29.3 Å². The molecule has 1 aromatic carbocycles. The maximum atomic E-state index is 14.3.